The van der Waals surface area contributed by atoms with Crippen LogP contribution in [0.4, 0.5) is 0 Å². The molecule has 1 aromatic rings. The van der Waals surface area contributed by atoms with Crippen LogP contribution in [0.15, 0.2) is 16.3 Å². The fourth-order valence-electron chi connectivity index (χ4n) is 1.33. The highest BCUT2D eigenvalue weighted by atomic mass is 32.2. The van der Waals surface area contributed by atoms with Crippen molar-refractivity contribution in [1.29, 1.82) is 0 Å². The average Bonchev–Trinajstić information content (AvgIpc) is 2.66. The topological polar surface area (TPSA) is 72.2 Å². The molecule has 17 heavy (non-hydrogen) atoms. The summed E-state index contributed by atoms with van der Waals surface area (Å²) in [5, 5.41) is 0. The van der Waals surface area contributed by atoms with Gasteiger partial charge in [0.05, 0.1) is 0 Å². The first-order chi connectivity index (χ1) is 7.95. The molecule has 1 rings (SSSR count). The molecule has 3 N–H and O–H groups in total. The third-order valence-corrected chi connectivity index (χ3v) is 5.40. The van der Waals surface area contributed by atoms with Crippen molar-refractivity contribution in [1.82, 2.24) is 4.72 Å². The van der Waals surface area contributed by atoms with Crippen molar-refractivity contribution in [2.45, 2.75) is 30.9 Å². The predicted molar refractivity (Wildman–Crippen MR) is 71.7 cm³/mol. The average molecular weight is 276 g/mol. The van der Waals surface area contributed by atoms with Crippen LogP contribution in [0.5, 0.6) is 0 Å². The molecule has 1 aromatic heterocycles. The fraction of sp³-hybridized carbons (Fsp3) is 0.636. The van der Waals surface area contributed by atoms with E-state index < -0.39 is 10.0 Å². The molecule has 6 heteroatoms. The minimum atomic E-state index is -3.33. The monoisotopic (exact) mass is 276 g/mol. The standard InChI is InChI=1S/C11H20N2O2S2/c1-9(2)6-8-13-17(14,15)11-4-3-10(16-11)5-7-12/h3-4,9,13H,5-8,12H2,1-2H3. The molecule has 0 aliphatic carbocycles. The second kappa shape index (κ2) is 6.49. The van der Waals surface area contributed by atoms with E-state index in [2.05, 4.69) is 18.6 Å². The van der Waals surface area contributed by atoms with Crippen LogP contribution in [0.1, 0.15) is 25.1 Å². The second-order valence-electron chi connectivity index (χ2n) is 4.34. The van der Waals surface area contributed by atoms with Gasteiger partial charge in [-0.2, -0.15) is 0 Å². The molecule has 0 aromatic carbocycles. The van der Waals surface area contributed by atoms with E-state index >= 15 is 0 Å². The Bertz CT molecular complexity index is 438. The summed E-state index contributed by atoms with van der Waals surface area (Å²) in [4.78, 5) is 1.01. The largest absolute Gasteiger partial charge is 0.330 e. The van der Waals surface area contributed by atoms with E-state index in [-0.39, 0.29) is 0 Å². The van der Waals surface area contributed by atoms with Gasteiger partial charge in [-0.15, -0.1) is 11.3 Å². The number of nitrogens with one attached hydrogen (secondary N) is 1. The zero-order chi connectivity index (χ0) is 12.9. The van der Waals surface area contributed by atoms with Gasteiger partial charge in [-0.1, -0.05) is 13.8 Å². The van der Waals surface area contributed by atoms with E-state index in [9.17, 15) is 8.42 Å². The number of sulfonamides is 1. The Labute approximate surface area is 107 Å². The normalized spacial score (nSPS) is 12.2. The van der Waals surface area contributed by atoms with Crippen molar-refractivity contribution in [2.75, 3.05) is 13.1 Å². The molecular formula is C11H20N2O2S2. The highest BCUT2D eigenvalue weighted by Gasteiger charge is 2.16. The maximum absolute atomic E-state index is 11.9. The predicted octanol–water partition coefficient (Wildman–Crippen LogP) is 1.57. The van der Waals surface area contributed by atoms with E-state index in [1.807, 2.05) is 6.07 Å². The van der Waals surface area contributed by atoms with Crippen molar-refractivity contribution in [2.24, 2.45) is 11.7 Å². The number of nitrogens with two attached hydrogens (primary N) is 1. The Morgan fingerprint density at radius 2 is 2.12 bits per heavy atom. The quantitative estimate of drug-likeness (QED) is 0.794. The van der Waals surface area contributed by atoms with Crippen LogP contribution in [-0.4, -0.2) is 21.5 Å². The van der Waals surface area contributed by atoms with Gasteiger partial charge >= 0.3 is 0 Å². The third-order valence-electron chi connectivity index (χ3n) is 2.31. The highest BCUT2D eigenvalue weighted by molar-refractivity contribution is 7.91. The smallest absolute Gasteiger partial charge is 0.250 e. The lowest BCUT2D eigenvalue weighted by atomic mass is 10.1. The van der Waals surface area contributed by atoms with Gasteiger partial charge in [0.2, 0.25) is 10.0 Å². The molecule has 0 amide bonds. The van der Waals surface area contributed by atoms with E-state index in [0.717, 1.165) is 17.7 Å². The molecule has 98 valence electrons. The Balaban J connectivity index is 2.62. The molecule has 4 nitrogen and oxygen atoms in total. The van der Waals surface area contributed by atoms with Gasteiger partial charge < -0.3 is 5.73 Å². The van der Waals surface area contributed by atoms with Gasteiger partial charge in [-0.25, -0.2) is 13.1 Å². The van der Waals surface area contributed by atoms with Crippen LogP contribution in [-0.2, 0) is 16.4 Å². The van der Waals surface area contributed by atoms with E-state index in [0.29, 0.717) is 23.2 Å². The lowest BCUT2D eigenvalue weighted by Gasteiger charge is -2.06. The number of hydrogen-bond donors (Lipinski definition) is 2. The van der Waals surface area contributed by atoms with Gasteiger partial charge in [0.1, 0.15) is 4.21 Å². The molecule has 0 saturated heterocycles. The summed E-state index contributed by atoms with van der Waals surface area (Å²) in [5.74, 6) is 0.494. The van der Waals surface area contributed by atoms with Gasteiger partial charge in [0, 0.05) is 11.4 Å². The molecule has 0 unspecified atom stereocenters. The summed E-state index contributed by atoms with van der Waals surface area (Å²) in [6.45, 7) is 5.17. The van der Waals surface area contributed by atoms with Crippen LogP contribution >= 0.6 is 11.3 Å². The molecule has 1 heterocycles. The summed E-state index contributed by atoms with van der Waals surface area (Å²) < 4.78 is 26.8. The number of hydrogen-bond acceptors (Lipinski definition) is 4. The summed E-state index contributed by atoms with van der Waals surface area (Å²) in [6, 6.07) is 3.47. The molecule has 0 radical (unpaired) electrons. The first-order valence-corrected chi connectivity index (χ1v) is 8.04. The SMILES string of the molecule is CC(C)CCNS(=O)(=O)c1ccc(CCN)s1. The lowest BCUT2D eigenvalue weighted by molar-refractivity contribution is 0.553. The summed E-state index contributed by atoms with van der Waals surface area (Å²) in [5.41, 5.74) is 5.43. The molecule has 0 spiro atoms. The van der Waals surface area contributed by atoms with Crippen LogP contribution in [0, 0.1) is 5.92 Å². The van der Waals surface area contributed by atoms with Gasteiger partial charge in [0.15, 0.2) is 0 Å². The van der Waals surface area contributed by atoms with E-state index in [1.54, 1.807) is 6.07 Å². The minimum absolute atomic E-state index is 0.379. The van der Waals surface area contributed by atoms with Crippen molar-refractivity contribution in [3.05, 3.63) is 17.0 Å². The summed E-state index contributed by atoms with van der Waals surface area (Å²) >= 11 is 1.29. The molecule has 0 bridgehead atoms. The van der Waals surface area contributed by atoms with Crippen LogP contribution in [0.3, 0.4) is 0 Å². The van der Waals surface area contributed by atoms with Crippen molar-refractivity contribution in [3.63, 3.8) is 0 Å². The molecule has 0 atom stereocenters. The van der Waals surface area contributed by atoms with Crippen LogP contribution in [0.2, 0.25) is 0 Å². The Morgan fingerprint density at radius 3 is 2.71 bits per heavy atom. The van der Waals surface area contributed by atoms with Gasteiger partial charge in [-0.05, 0) is 37.4 Å². The van der Waals surface area contributed by atoms with E-state index in [1.165, 1.54) is 11.3 Å². The summed E-state index contributed by atoms with van der Waals surface area (Å²) in [6.07, 6.45) is 1.58. The zero-order valence-electron chi connectivity index (χ0n) is 10.3. The minimum Gasteiger partial charge on any atom is -0.330 e. The molecule has 0 saturated carbocycles. The Morgan fingerprint density at radius 1 is 1.41 bits per heavy atom. The number of thiophene rings is 1. The number of rotatable bonds is 7. The van der Waals surface area contributed by atoms with E-state index in [4.69, 9.17) is 5.73 Å². The fourth-order valence-corrected chi connectivity index (χ4v) is 3.80. The van der Waals surface area contributed by atoms with Crippen LogP contribution < -0.4 is 10.5 Å². The molecule has 0 fully saturated rings. The maximum atomic E-state index is 11.9. The first kappa shape index (κ1) is 14.6. The molecule has 0 aliphatic rings. The second-order valence-corrected chi connectivity index (χ2v) is 7.50. The first-order valence-electron chi connectivity index (χ1n) is 5.74. The zero-order valence-corrected chi connectivity index (χ0v) is 11.9. The Kier molecular flexibility index (Phi) is 5.58. The van der Waals surface area contributed by atoms with Crippen molar-refractivity contribution >= 4 is 21.4 Å². The molecule has 0 aliphatic heterocycles. The highest BCUT2D eigenvalue weighted by Crippen LogP contribution is 2.21. The van der Waals surface area contributed by atoms with Gasteiger partial charge in [0.25, 0.3) is 0 Å². The summed E-state index contributed by atoms with van der Waals surface area (Å²) in [7, 11) is -3.33. The van der Waals surface area contributed by atoms with Crippen molar-refractivity contribution in [3.8, 4) is 0 Å². The van der Waals surface area contributed by atoms with Crippen molar-refractivity contribution < 1.29 is 8.42 Å². The maximum Gasteiger partial charge on any atom is 0.250 e. The van der Waals surface area contributed by atoms with Gasteiger partial charge in [-0.3, -0.25) is 0 Å². The Hall–Kier alpha value is -0.430. The lowest BCUT2D eigenvalue weighted by Crippen LogP contribution is -2.24. The molecular weight excluding hydrogens is 256 g/mol. The van der Waals surface area contributed by atoms with Crippen LogP contribution in [0.25, 0.3) is 0 Å². The third kappa shape index (κ3) is 4.75.